The smallest absolute Gasteiger partial charge is 0.350 e. The van der Waals surface area contributed by atoms with Gasteiger partial charge in [-0.3, -0.25) is 4.79 Å². The Labute approximate surface area is 121 Å². The molecule has 1 aromatic heterocycles. The Morgan fingerprint density at radius 1 is 1.45 bits per heavy atom. The van der Waals surface area contributed by atoms with Crippen molar-refractivity contribution in [1.29, 1.82) is 0 Å². The van der Waals surface area contributed by atoms with Gasteiger partial charge in [0.15, 0.2) is 0 Å². The van der Waals surface area contributed by atoms with Crippen LogP contribution in [0.3, 0.4) is 0 Å². The van der Waals surface area contributed by atoms with Crippen LogP contribution in [0, 0.1) is 0 Å². The molecule has 1 aromatic rings. The lowest BCUT2D eigenvalue weighted by Gasteiger charge is -2.13. The summed E-state index contributed by atoms with van der Waals surface area (Å²) in [5, 5.41) is 3.50. The molecular formula is C12H19N3O4S. The molecule has 112 valence electrons. The van der Waals surface area contributed by atoms with Crippen LogP contribution in [0.4, 0.5) is 10.7 Å². The molecule has 0 aliphatic heterocycles. The Hall–Kier alpha value is -1.80. The highest BCUT2D eigenvalue weighted by molar-refractivity contribution is 7.19. The molecular weight excluding hydrogens is 282 g/mol. The summed E-state index contributed by atoms with van der Waals surface area (Å²) in [6.07, 6.45) is 0. The van der Waals surface area contributed by atoms with E-state index in [0.717, 1.165) is 11.3 Å². The van der Waals surface area contributed by atoms with Crippen LogP contribution in [-0.2, 0) is 9.47 Å². The largest absolute Gasteiger partial charge is 0.462 e. The normalized spacial score (nSPS) is 11.9. The van der Waals surface area contributed by atoms with E-state index in [-0.39, 0.29) is 28.8 Å². The summed E-state index contributed by atoms with van der Waals surface area (Å²) < 4.78 is 9.90. The first-order valence-electron chi connectivity index (χ1n) is 6.06. The summed E-state index contributed by atoms with van der Waals surface area (Å²) in [6.45, 7) is 4.22. The number of ether oxygens (including phenoxy) is 2. The molecule has 0 radical (unpaired) electrons. The zero-order chi connectivity index (χ0) is 15.3. The Morgan fingerprint density at radius 3 is 2.60 bits per heavy atom. The third-order valence-electron chi connectivity index (χ3n) is 2.45. The van der Waals surface area contributed by atoms with E-state index in [4.69, 9.17) is 20.9 Å². The minimum Gasteiger partial charge on any atom is -0.462 e. The fourth-order valence-electron chi connectivity index (χ4n) is 1.65. The Kier molecular flexibility index (Phi) is 5.78. The Balaban J connectivity index is 3.13. The molecule has 0 saturated carbocycles. The van der Waals surface area contributed by atoms with Crippen LogP contribution < -0.4 is 16.8 Å². The van der Waals surface area contributed by atoms with Gasteiger partial charge in [0.25, 0.3) is 5.91 Å². The zero-order valence-electron chi connectivity index (χ0n) is 11.7. The number of hydrogen-bond donors (Lipinski definition) is 3. The first-order chi connectivity index (χ1) is 9.42. The summed E-state index contributed by atoms with van der Waals surface area (Å²) in [7, 11) is 1.57. The van der Waals surface area contributed by atoms with Crippen LogP contribution >= 0.6 is 11.3 Å². The number of primary amides is 1. The monoisotopic (exact) mass is 301 g/mol. The molecule has 20 heavy (non-hydrogen) atoms. The van der Waals surface area contributed by atoms with E-state index in [0.29, 0.717) is 11.6 Å². The number of nitrogens with one attached hydrogen (secondary N) is 1. The van der Waals surface area contributed by atoms with E-state index in [1.807, 2.05) is 6.92 Å². The fourth-order valence-corrected chi connectivity index (χ4v) is 2.79. The van der Waals surface area contributed by atoms with Crippen molar-refractivity contribution in [2.45, 2.75) is 19.9 Å². The minimum atomic E-state index is -0.693. The second-order valence-electron chi connectivity index (χ2n) is 4.13. The van der Waals surface area contributed by atoms with Gasteiger partial charge in [0.1, 0.15) is 9.88 Å². The number of methoxy groups -OCH3 is 1. The van der Waals surface area contributed by atoms with Crippen molar-refractivity contribution in [3.05, 3.63) is 10.4 Å². The standard InChI is InChI=1S/C12H19N3O4S/c1-4-19-12(17)9-8(13)7(10(14)16)11(20-9)15-6(2)5-18-3/h6,15H,4-5,13H2,1-3H3,(H2,14,16). The average molecular weight is 301 g/mol. The number of esters is 1. The van der Waals surface area contributed by atoms with Crippen LogP contribution in [0.1, 0.15) is 33.9 Å². The third kappa shape index (κ3) is 3.61. The first kappa shape index (κ1) is 16.3. The van der Waals surface area contributed by atoms with E-state index in [1.165, 1.54) is 0 Å². The Morgan fingerprint density at radius 2 is 2.10 bits per heavy atom. The molecule has 1 rings (SSSR count). The second kappa shape index (κ2) is 7.11. The maximum atomic E-state index is 11.8. The van der Waals surface area contributed by atoms with Crippen molar-refractivity contribution in [2.24, 2.45) is 5.73 Å². The van der Waals surface area contributed by atoms with Crippen molar-refractivity contribution in [3.8, 4) is 0 Å². The molecule has 7 nitrogen and oxygen atoms in total. The lowest BCUT2D eigenvalue weighted by Crippen LogP contribution is -2.22. The predicted octanol–water partition coefficient (Wildman–Crippen LogP) is 1.05. The number of nitrogens with two attached hydrogens (primary N) is 2. The first-order valence-corrected chi connectivity index (χ1v) is 6.88. The van der Waals surface area contributed by atoms with Gasteiger partial charge in [-0.1, -0.05) is 0 Å². The molecule has 0 aromatic carbocycles. The number of nitrogen functional groups attached to an aromatic ring is 1. The average Bonchev–Trinajstić information content (AvgIpc) is 2.66. The van der Waals surface area contributed by atoms with Crippen molar-refractivity contribution >= 4 is 33.9 Å². The van der Waals surface area contributed by atoms with Gasteiger partial charge in [-0.15, -0.1) is 11.3 Å². The zero-order valence-corrected chi connectivity index (χ0v) is 12.5. The maximum absolute atomic E-state index is 11.8. The quantitative estimate of drug-likeness (QED) is 0.648. The van der Waals surface area contributed by atoms with E-state index >= 15 is 0 Å². The van der Waals surface area contributed by atoms with Crippen molar-refractivity contribution in [1.82, 2.24) is 0 Å². The molecule has 1 heterocycles. The van der Waals surface area contributed by atoms with Crippen LogP contribution in [0.2, 0.25) is 0 Å². The highest BCUT2D eigenvalue weighted by atomic mass is 32.1. The molecule has 5 N–H and O–H groups in total. The summed E-state index contributed by atoms with van der Waals surface area (Å²) in [6, 6.07) is -0.0637. The van der Waals surface area contributed by atoms with Gasteiger partial charge >= 0.3 is 5.97 Å². The van der Waals surface area contributed by atoms with Crippen LogP contribution in [0.25, 0.3) is 0 Å². The van der Waals surface area contributed by atoms with Crippen molar-refractivity contribution in [3.63, 3.8) is 0 Å². The van der Waals surface area contributed by atoms with E-state index in [2.05, 4.69) is 5.32 Å². The maximum Gasteiger partial charge on any atom is 0.350 e. The number of carbonyl (C=O) groups is 2. The second-order valence-corrected chi connectivity index (χ2v) is 5.16. The van der Waals surface area contributed by atoms with Gasteiger partial charge in [-0.05, 0) is 13.8 Å². The lowest BCUT2D eigenvalue weighted by atomic mass is 10.2. The van der Waals surface area contributed by atoms with Crippen molar-refractivity contribution < 1.29 is 19.1 Å². The molecule has 1 unspecified atom stereocenters. The van der Waals surface area contributed by atoms with E-state index in [1.54, 1.807) is 14.0 Å². The van der Waals surface area contributed by atoms with Gasteiger partial charge < -0.3 is 26.3 Å². The van der Waals surface area contributed by atoms with Crippen LogP contribution in [0.15, 0.2) is 0 Å². The number of thiophene rings is 1. The summed E-state index contributed by atoms with van der Waals surface area (Å²) in [5.41, 5.74) is 11.3. The summed E-state index contributed by atoms with van der Waals surface area (Å²) >= 11 is 1.05. The van der Waals surface area contributed by atoms with Crippen LogP contribution in [0.5, 0.6) is 0 Å². The van der Waals surface area contributed by atoms with Gasteiger partial charge in [0, 0.05) is 13.2 Å². The highest BCUT2D eigenvalue weighted by Crippen LogP contribution is 2.36. The number of amides is 1. The van der Waals surface area contributed by atoms with Gasteiger partial charge in [0.05, 0.1) is 24.5 Å². The molecule has 1 atom stereocenters. The van der Waals surface area contributed by atoms with Gasteiger partial charge in [0.2, 0.25) is 0 Å². The number of rotatable bonds is 7. The number of hydrogen-bond acceptors (Lipinski definition) is 7. The predicted molar refractivity (Wildman–Crippen MR) is 78.2 cm³/mol. The molecule has 0 fully saturated rings. The SMILES string of the molecule is CCOC(=O)c1sc(NC(C)COC)c(C(N)=O)c1N. The van der Waals surface area contributed by atoms with Gasteiger partial charge in [-0.2, -0.15) is 0 Å². The van der Waals surface area contributed by atoms with Gasteiger partial charge in [-0.25, -0.2) is 4.79 Å². The molecule has 8 heteroatoms. The summed E-state index contributed by atoms with van der Waals surface area (Å²) in [5.74, 6) is -1.26. The highest BCUT2D eigenvalue weighted by Gasteiger charge is 2.25. The summed E-state index contributed by atoms with van der Waals surface area (Å²) in [4.78, 5) is 23.4. The third-order valence-corrected chi connectivity index (χ3v) is 3.56. The Bertz CT molecular complexity index is 501. The molecule has 0 aliphatic rings. The van der Waals surface area contributed by atoms with E-state index in [9.17, 15) is 9.59 Å². The van der Waals surface area contributed by atoms with Crippen molar-refractivity contribution in [2.75, 3.05) is 31.4 Å². The minimum absolute atomic E-state index is 0.0491. The molecule has 0 bridgehead atoms. The number of carbonyl (C=O) groups excluding carboxylic acids is 2. The molecule has 1 amide bonds. The topological polar surface area (TPSA) is 117 Å². The molecule has 0 aliphatic carbocycles. The van der Waals surface area contributed by atoms with E-state index < -0.39 is 11.9 Å². The molecule has 0 spiro atoms. The lowest BCUT2D eigenvalue weighted by molar-refractivity contribution is 0.0533. The van der Waals surface area contributed by atoms with Crippen LogP contribution in [-0.4, -0.2) is 38.2 Å². The molecule has 0 saturated heterocycles. The number of anilines is 2. The fraction of sp³-hybridized carbons (Fsp3) is 0.500.